The van der Waals surface area contributed by atoms with Crippen LogP contribution in [0.25, 0.3) is 16.6 Å². The molecule has 1 aliphatic heterocycles. The zero-order valence-corrected chi connectivity index (χ0v) is 14.5. The van der Waals surface area contributed by atoms with Gasteiger partial charge in [-0.15, -0.1) is 0 Å². The average molecular weight is 373 g/mol. The second-order valence-corrected chi connectivity index (χ2v) is 6.77. The Balaban J connectivity index is 1.73. The predicted molar refractivity (Wildman–Crippen MR) is 95.7 cm³/mol. The minimum absolute atomic E-state index is 0.224. The van der Waals surface area contributed by atoms with E-state index in [0.717, 1.165) is 48.0 Å². The van der Waals surface area contributed by atoms with Gasteiger partial charge in [-0.05, 0) is 43.2 Å². The number of aromatic nitrogens is 2. The van der Waals surface area contributed by atoms with Crippen molar-refractivity contribution in [2.24, 2.45) is 0 Å². The number of piperidine rings is 1. The Labute approximate surface area is 154 Å². The molecule has 1 aliphatic rings. The first kappa shape index (κ1) is 17.6. The second kappa shape index (κ2) is 6.72. The monoisotopic (exact) mass is 373 g/mol. The molecule has 2 aromatic carbocycles. The lowest BCUT2D eigenvalue weighted by molar-refractivity contribution is -0.137. The first-order valence-electron chi connectivity index (χ1n) is 8.82. The Hall–Kier alpha value is -2.83. The minimum atomic E-state index is -4.36. The second-order valence-electron chi connectivity index (χ2n) is 6.77. The summed E-state index contributed by atoms with van der Waals surface area (Å²) < 4.78 is 40.2. The van der Waals surface area contributed by atoms with Gasteiger partial charge in [0.25, 0.3) is 0 Å². The van der Waals surface area contributed by atoms with Crippen LogP contribution in [0.1, 0.15) is 30.0 Å². The van der Waals surface area contributed by atoms with Crippen LogP contribution in [0, 0.1) is 0 Å². The molecule has 0 unspecified atom stereocenters. The summed E-state index contributed by atoms with van der Waals surface area (Å²) in [4.78, 5) is 12.7. The van der Waals surface area contributed by atoms with Crippen LogP contribution in [-0.4, -0.2) is 34.2 Å². The zero-order valence-electron chi connectivity index (χ0n) is 14.5. The molecule has 7 heteroatoms. The number of nitrogens with zero attached hydrogens (tertiary/aromatic N) is 3. The molecule has 0 N–H and O–H groups in total. The molecule has 0 bridgehead atoms. The van der Waals surface area contributed by atoms with Gasteiger partial charge in [0.15, 0.2) is 0 Å². The van der Waals surface area contributed by atoms with E-state index in [9.17, 15) is 18.0 Å². The average Bonchev–Trinajstić information content (AvgIpc) is 3.07. The largest absolute Gasteiger partial charge is 0.416 e. The Kier molecular flexibility index (Phi) is 4.37. The molecule has 0 aliphatic carbocycles. The van der Waals surface area contributed by atoms with Crippen molar-refractivity contribution in [3.63, 3.8) is 0 Å². The maximum absolute atomic E-state index is 12.8. The number of alkyl halides is 3. The standard InChI is InChI=1S/C20H18F3N3O/c21-20(22,23)15-5-7-16(8-6-15)26-18-4-2-1-3-17(18)19(24-26)14-9-11-25(13-27)12-10-14/h1-8,13-14H,9-12H2. The normalized spacial score (nSPS) is 16.0. The summed E-state index contributed by atoms with van der Waals surface area (Å²) in [5.74, 6) is 0.224. The molecular formula is C20H18F3N3O. The molecule has 0 radical (unpaired) electrons. The first-order chi connectivity index (χ1) is 13.0. The maximum Gasteiger partial charge on any atom is 0.416 e. The Bertz CT molecular complexity index is 955. The highest BCUT2D eigenvalue weighted by atomic mass is 19.4. The van der Waals surface area contributed by atoms with E-state index in [0.29, 0.717) is 18.8 Å². The van der Waals surface area contributed by atoms with Crippen molar-refractivity contribution in [2.75, 3.05) is 13.1 Å². The summed E-state index contributed by atoms with van der Waals surface area (Å²) >= 11 is 0. The van der Waals surface area contributed by atoms with Gasteiger partial charge in [-0.25, -0.2) is 4.68 Å². The molecule has 1 saturated heterocycles. The van der Waals surface area contributed by atoms with Crippen molar-refractivity contribution >= 4 is 17.3 Å². The fraction of sp³-hybridized carbons (Fsp3) is 0.300. The van der Waals surface area contributed by atoms with Crippen LogP contribution in [0.4, 0.5) is 13.2 Å². The number of amides is 1. The van der Waals surface area contributed by atoms with Gasteiger partial charge in [0.2, 0.25) is 6.41 Å². The first-order valence-corrected chi connectivity index (χ1v) is 8.82. The van der Waals surface area contributed by atoms with E-state index in [2.05, 4.69) is 0 Å². The molecule has 1 amide bonds. The Morgan fingerprint density at radius 2 is 1.67 bits per heavy atom. The number of halogens is 3. The number of para-hydroxylation sites is 1. The molecular weight excluding hydrogens is 355 g/mol. The van der Waals surface area contributed by atoms with Crippen LogP contribution in [0.3, 0.4) is 0 Å². The van der Waals surface area contributed by atoms with Crippen molar-refractivity contribution in [2.45, 2.75) is 24.9 Å². The third kappa shape index (κ3) is 3.29. The van der Waals surface area contributed by atoms with Crippen LogP contribution in [-0.2, 0) is 11.0 Å². The third-order valence-electron chi connectivity index (χ3n) is 5.12. The van der Waals surface area contributed by atoms with Gasteiger partial charge in [0.1, 0.15) is 0 Å². The SMILES string of the molecule is O=CN1CCC(c2nn(-c3ccc(C(F)(F)F)cc3)c3ccccc23)CC1. The van der Waals surface area contributed by atoms with E-state index in [1.54, 1.807) is 9.58 Å². The van der Waals surface area contributed by atoms with Gasteiger partial charge in [0, 0.05) is 24.4 Å². The van der Waals surface area contributed by atoms with Gasteiger partial charge in [0.05, 0.1) is 22.5 Å². The third-order valence-corrected chi connectivity index (χ3v) is 5.12. The van der Waals surface area contributed by atoms with Crippen molar-refractivity contribution in [1.82, 2.24) is 14.7 Å². The highest BCUT2D eigenvalue weighted by Crippen LogP contribution is 2.34. The van der Waals surface area contributed by atoms with Crippen molar-refractivity contribution in [3.05, 3.63) is 59.8 Å². The number of benzene rings is 2. The summed E-state index contributed by atoms with van der Waals surface area (Å²) in [7, 11) is 0. The number of hydrogen-bond donors (Lipinski definition) is 0. The fourth-order valence-corrected chi connectivity index (χ4v) is 3.66. The van der Waals surface area contributed by atoms with Gasteiger partial charge in [-0.3, -0.25) is 4.79 Å². The fourth-order valence-electron chi connectivity index (χ4n) is 3.66. The molecule has 1 fully saturated rings. The Morgan fingerprint density at radius 3 is 2.30 bits per heavy atom. The molecule has 140 valence electrons. The van der Waals surface area contributed by atoms with Gasteiger partial charge in [-0.1, -0.05) is 18.2 Å². The smallest absolute Gasteiger partial charge is 0.345 e. The summed E-state index contributed by atoms with van der Waals surface area (Å²) in [5, 5.41) is 5.76. The summed E-state index contributed by atoms with van der Waals surface area (Å²) in [6.45, 7) is 1.38. The highest BCUT2D eigenvalue weighted by Gasteiger charge is 2.30. The van der Waals surface area contributed by atoms with Gasteiger partial charge >= 0.3 is 6.18 Å². The van der Waals surface area contributed by atoms with Crippen LogP contribution < -0.4 is 0 Å². The van der Waals surface area contributed by atoms with E-state index in [1.165, 1.54) is 12.1 Å². The number of rotatable bonds is 3. The predicted octanol–water partition coefficient (Wildman–Crippen LogP) is 4.38. The number of carbonyl (C=O) groups excluding carboxylic acids is 1. The molecule has 0 atom stereocenters. The molecule has 2 heterocycles. The summed E-state index contributed by atoms with van der Waals surface area (Å²) in [5.41, 5.74) is 1.72. The lowest BCUT2D eigenvalue weighted by atomic mass is 9.92. The molecule has 4 rings (SSSR count). The van der Waals surface area contributed by atoms with Crippen LogP contribution >= 0.6 is 0 Å². The number of fused-ring (bicyclic) bond motifs is 1. The van der Waals surface area contributed by atoms with Gasteiger partial charge in [-0.2, -0.15) is 18.3 Å². The van der Waals surface area contributed by atoms with E-state index in [1.807, 2.05) is 24.3 Å². The maximum atomic E-state index is 12.8. The van der Waals surface area contributed by atoms with E-state index >= 15 is 0 Å². The van der Waals surface area contributed by atoms with Crippen molar-refractivity contribution < 1.29 is 18.0 Å². The van der Waals surface area contributed by atoms with Crippen LogP contribution in [0.2, 0.25) is 0 Å². The lowest BCUT2D eigenvalue weighted by Gasteiger charge is -2.28. The van der Waals surface area contributed by atoms with E-state index in [4.69, 9.17) is 5.10 Å². The van der Waals surface area contributed by atoms with Crippen molar-refractivity contribution in [3.8, 4) is 5.69 Å². The Morgan fingerprint density at radius 1 is 1.00 bits per heavy atom. The molecule has 3 aromatic rings. The molecule has 0 spiro atoms. The van der Waals surface area contributed by atoms with E-state index in [-0.39, 0.29) is 5.92 Å². The van der Waals surface area contributed by atoms with Crippen LogP contribution in [0.15, 0.2) is 48.5 Å². The zero-order chi connectivity index (χ0) is 19.0. The summed E-state index contributed by atoms with van der Waals surface area (Å²) in [6.07, 6.45) is -1.84. The lowest BCUT2D eigenvalue weighted by Crippen LogP contribution is -2.31. The molecule has 1 aromatic heterocycles. The summed E-state index contributed by atoms with van der Waals surface area (Å²) in [6, 6.07) is 12.8. The highest BCUT2D eigenvalue weighted by molar-refractivity contribution is 5.84. The van der Waals surface area contributed by atoms with Crippen LogP contribution in [0.5, 0.6) is 0 Å². The number of carbonyl (C=O) groups is 1. The minimum Gasteiger partial charge on any atom is -0.345 e. The number of hydrogen-bond acceptors (Lipinski definition) is 2. The molecule has 4 nitrogen and oxygen atoms in total. The van der Waals surface area contributed by atoms with Crippen molar-refractivity contribution in [1.29, 1.82) is 0 Å². The topological polar surface area (TPSA) is 38.1 Å². The molecule has 0 saturated carbocycles. The molecule has 27 heavy (non-hydrogen) atoms. The quantitative estimate of drug-likeness (QED) is 0.639. The van der Waals surface area contributed by atoms with Gasteiger partial charge < -0.3 is 4.90 Å². The number of likely N-dealkylation sites (tertiary alicyclic amines) is 1. The van der Waals surface area contributed by atoms with E-state index < -0.39 is 11.7 Å².